The Morgan fingerprint density at radius 2 is 1.80 bits per heavy atom. The average Bonchev–Trinajstić information content (AvgIpc) is 2.89. The van der Waals surface area contributed by atoms with E-state index in [1.807, 2.05) is 22.6 Å². The van der Waals surface area contributed by atoms with Crippen molar-refractivity contribution < 1.29 is 28.7 Å². The summed E-state index contributed by atoms with van der Waals surface area (Å²) in [6.07, 6.45) is 1.34. The Morgan fingerprint density at radius 1 is 1.05 bits per heavy atom. The highest BCUT2D eigenvalue weighted by Gasteiger charge is 2.37. The van der Waals surface area contributed by atoms with Crippen molar-refractivity contribution >= 4 is 98.6 Å². The molecule has 0 aromatic heterocycles. The van der Waals surface area contributed by atoms with Crippen molar-refractivity contribution in [1.82, 2.24) is 5.32 Å². The van der Waals surface area contributed by atoms with Gasteiger partial charge < -0.3 is 14.8 Å². The lowest BCUT2D eigenvalue weighted by Crippen LogP contribution is -2.54. The second kappa shape index (κ2) is 12.5. The number of barbiturate groups is 1. The van der Waals surface area contributed by atoms with Crippen LogP contribution < -0.4 is 25.0 Å². The predicted octanol–water partition coefficient (Wildman–Crippen LogP) is 6.25. The lowest BCUT2D eigenvalue weighted by molar-refractivity contribution is -0.122. The molecule has 1 heterocycles. The standard InChI is InChI=1S/C27H19Cl3IN3O6/c1-13-3-4-15(28)10-21(13)34-26(37)17(25(36)33-27(34)38)7-14-8-20(31)24(22(9-14)39-2)40-12-23(35)32-16-5-6-18(29)19(30)11-16/h3-11H,12H2,1-2H3,(H,32,35)(H,33,36,38)/b17-7+. The van der Waals surface area contributed by atoms with Crippen LogP contribution in [0, 0.1) is 10.5 Å². The molecule has 5 amide bonds. The van der Waals surface area contributed by atoms with Crippen molar-refractivity contribution in [1.29, 1.82) is 0 Å². The average molecular weight is 715 g/mol. The Hall–Kier alpha value is -3.32. The number of nitrogens with zero attached hydrogens (tertiary/aromatic N) is 1. The third-order valence-electron chi connectivity index (χ3n) is 5.63. The van der Waals surface area contributed by atoms with Crippen molar-refractivity contribution in [3.8, 4) is 11.5 Å². The van der Waals surface area contributed by atoms with Gasteiger partial charge in [0.1, 0.15) is 5.57 Å². The fourth-order valence-corrected chi connectivity index (χ4v) is 4.98. The van der Waals surface area contributed by atoms with E-state index in [1.54, 1.807) is 37.3 Å². The van der Waals surface area contributed by atoms with E-state index in [9.17, 15) is 19.2 Å². The van der Waals surface area contributed by atoms with Crippen LogP contribution in [-0.2, 0) is 14.4 Å². The molecule has 206 valence electrons. The monoisotopic (exact) mass is 713 g/mol. The van der Waals surface area contributed by atoms with Crippen molar-refractivity contribution in [2.45, 2.75) is 6.92 Å². The molecule has 0 saturated carbocycles. The topological polar surface area (TPSA) is 114 Å². The van der Waals surface area contributed by atoms with Gasteiger partial charge in [0.15, 0.2) is 18.1 Å². The maximum Gasteiger partial charge on any atom is 0.335 e. The zero-order valence-electron chi connectivity index (χ0n) is 20.8. The molecule has 0 unspecified atom stereocenters. The van der Waals surface area contributed by atoms with E-state index < -0.39 is 23.8 Å². The molecule has 9 nitrogen and oxygen atoms in total. The molecule has 2 N–H and O–H groups in total. The van der Waals surface area contributed by atoms with Crippen LogP contribution in [0.15, 0.2) is 54.1 Å². The first-order valence-corrected chi connectivity index (χ1v) is 13.6. The number of anilines is 2. The van der Waals surface area contributed by atoms with Crippen molar-refractivity contribution in [2.24, 2.45) is 0 Å². The Balaban J connectivity index is 1.57. The predicted molar refractivity (Wildman–Crippen MR) is 161 cm³/mol. The maximum atomic E-state index is 13.3. The third kappa shape index (κ3) is 6.52. The maximum absolute atomic E-state index is 13.3. The molecule has 40 heavy (non-hydrogen) atoms. The lowest BCUT2D eigenvalue weighted by atomic mass is 10.1. The van der Waals surface area contributed by atoms with Gasteiger partial charge >= 0.3 is 6.03 Å². The smallest absolute Gasteiger partial charge is 0.335 e. The molecule has 0 spiro atoms. The number of nitrogens with one attached hydrogen (secondary N) is 2. The van der Waals surface area contributed by atoms with Crippen molar-refractivity contribution in [3.63, 3.8) is 0 Å². The van der Waals surface area contributed by atoms with E-state index in [0.717, 1.165) is 4.90 Å². The number of methoxy groups -OCH3 is 1. The molecule has 1 fully saturated rings. The fraction of sp³-hybridized carbons (Fsp3) is 0.111. The molecule has 0 atom stereocenters. The Labute approximate surface area is 257 Å². The molecule has 1 aliphatic rings. The molecule has 0 bridgehead atoms. The zero-order chi connectivity index (χ0) is 29.1. The van der Waals surface area contributed by atoms with Gasteiger partial charge in [0, 0.05) is 10.7 Å². The summed E-state index contributed by atoms with van der Waals surface area (Å²) in [6, 6.07) is 11.7. The molecule has 3 aromatic rings. The van der Waals surface area contributed by atoms with Crippen molar-refractivity contribution in [3.05, 3.63) is 83.9 Å². The van der Waals surface area contributed by atoms with Crippen LogP contribution in [0.5, 0.6) is 11.5 Å². The molecule has 13 heteroatoms. The van der Waals surface area contributed by atoms with Crippen molar-refractivity contribution in [2.75, 3.05) is 23.9 Å². The first-order chi connectivity index (χ1) is 19.0. The lowest BCUT2D eigenvalue weighted by Gasteiger charge is -2.27. The van der Waals surface area contributed by atoms with Crippen LogP contribution >= 0.6 is 57.4 Å². The minimum absolute atomic E-state index is 0.253. The molecule has 0 radical (unpaired) electrons. The van der Waals surface area contributed by atoms with E-state index in [1.165, 1.54) is 31.4 Å². The minimum atomic E-state index is -0.882. The first-order valence-electron chi connectivity index (χ1n) is 11.4. The number of imide groups is 2. The highest BCUT2D eigenvalue weighted by Crippen LogP contribution is 2.35. The fourth-order valence-electron chi connectivity index (χ4n) is 3.74. The minimum Gasteiger partial charge on any atom is -0.493 e. The highest BCUT2D eigenvalue weighted by molar-refractivity contribution is 14.1. The summed E-state index contributed by atoms with van der Waals surface area (Å²) in [6.45, 7) is 1.37. The van der Waals surface area contributed by atoms with Gasteiger partial charge in [-0.05, 0) is 89.2 Å². The number of hydrogen-bond donors (Lipinski definition) is 2. The number of hydrogen-bond acceptors (Lipinski definition) is 6. The second-order valence-electron chi connectivity index (χ2n) is 8.39. The molecule has 4 rings (SSSR count). The Kier molecular flexibility index (Phi) is 9.24. The Morgan fingerprint density at radius 3 is 2.50 bits per heavy atom. The number of carbonyl (C=O) groups is 4. The van der Waals surface area contributed by atoms with E-state index >= 15 is 0 Å². The van der Waals surface area contributed by atoms with Crippen LogP contribution in [0.2, 0.25) is 15.1 Å². The van der Waals surface area contributed by atoms with E-state index in [4.69, 9.17) is 44.3 Å². The van der Waals surface area contributed by atoms with Gasteiger partial charge in [0.25, 0.3) is 17.7 Å². The van der Waals surface area contributed by atoms with Gasteiger partial charge in [0.05, 0.1) is 26.4 Å². The highest BCUT2D eigenvalue weighted by atomic mass is 127. The summed E-state index contributed by atoms with van der Waals surface area (Å²) in [5.41, 5.74) is 1.46. The first kappa shape index (κ1) is 29.7. The number of benzene rings is 3. The van der Waals surface area contributed by atoms with E-state index in [0.29, 0.717) is 35.5 Å². The zero-order valence-corrected chi connectivity index (χ0v) is 25.2. The quantitative estimate of drug-likeness (QED) is 0.170. The summed E-state index contributed by atoms with van der Waals surface area (Å²) >= 11 is 19.9. The number of carbonyl (C=O) groups excluding carboxylic acids is 4. The third-order valence-corrected chi connectivity index (χ3v) is 7.40. The number of rotatable bonds is 7. The van der Waals surface area contributed by atoms with Gasteiger partial charge in [-0.15, -0.1) is 0 Å². The normalized spacial score (nSPS) is 14.3. The number of ether oxygens (including phenoxy) is 2. The van der Waals surface area contributed by atoms with Crippen LogP contribution in [0.1, 0.15) is 11.1 Å². The van der Waals surface area contributed by atoms with Gasteiger partial charge in [-0.2, -0.15) is 0 Å². The summed E-state index contributed by atoms with van der Waals surface area (Å²) < 4.78 is 11.7. The molecule has 0 aliphatic carbocycles. The van der Waals surface area contributed by atoms with E-state index in [-0.39, 0.29) is 29.4 Å². The molecule has 1 aliphatic heterocycles. The van der Waals surface area contributed by atoms with Gasteiger partial charge in [0.2, 0.25) is 0 Å². The molecule has 3 aromatic carbocycles. The van der Waals surface area contributed by atoms with E-state index in [2.05, 4.69) is 10.6 Å². The number of halogens is 4. The van der Waals surface area contributed by atoms with Crippen LogP contribution in [0.3, 0.4) is 0 Å². The van der Waals surface area contributed by atoms with Crippen LogP contribution in [0.25, 0.3) is 6.08 Å². The van der Waals surface area contributed by atoms with Gasteiger partial charge in [-0.1, -0.05) is 40.9 Å². The number of amides is 5. The molecule has 1 saturated heterocycles. The SMILES string of the molecule is COc1cc(/C=C2\C(=O)NC(=O)N(c3cc(Cl)ccc3C)C2=O)cc(I)c1OCC(=O)Nc1ccc(Cl)c(Cl)c1. The summed E-state index contributed by atoms with van der Waals surface area (Å²) in [4.78, 5) is 51.8. The summed E-state index contributed by atoms with van der Waals surface area (Å²) in [7, 11) is 1.41. The van der Waals surface area contributed by atoms with Gasteiger partial charge in [-0.25, -0.2) is 9.69 Å². The number of urea groups is 1. The van der Waals surface area contributed by atoms with Crippen LogP contribution in [-0.4, -0.2) is 37.5 Å². The molecular formula is C27H19Cl3IN3O6. The molecular weight excluding hydrogens is 696 g/mol. The Bertz CT molecular complexity index is 1590. The number of aryl methyl sites for hydroxylation is 1. The second-order valence-corrected chi connectivity index (χ2v) is 10.8. The van der Waals surface area contributed by atoms with Crippen LogP contribution in [0.4, 0.5) is 16.2 Å². The summed E-state index contributed by atoms with van der Waals surface area (Å²) in [5, 5.41) is 5.82. The van der Waals surface area contributed by atoms with Gasteiger partial charge in [-0.3, -0.25) is 19.7 Å². The largest absolute Gasteiger partial charge is 0.493 e. The summed E-state index contributed by atoms with van der Waals surface area (Å²) in [5.74, 6) is -1.58.